The van der Waals surface area contributed by atoms with E-state index in [4.69, 9.17) is 19.2 Å². The summed E-state index contributed by atoms with van der Waals surface area (Å²) < 4.78 is 17.7. The Bertz CT molecular complexity index is 1640. The molecule has 1 saturated heterocycles. The summed E-state index contributed by atoms with van der Waals surface area (Å²) in [5, 5.41) is 11.8. The van der Waals surface area contributed by atoms with E-state index in [1.165, 1.54) is 16.2 Å². The normalized spacial score (nSPS) is 16.5. The minimum atomic E-state index is -0.945. The molecule has 0 spiro atoms. The van der Waals surface area contributed by atoms with Gasteiger partial charge in [-0.2, -0.15) is 0 Å². The Morgan fingerprint density at radius 1 is 0.975 bits per heavy atom. The lowest BCUT2D eigenvalue weighted by atomic mass is 9.95. The Hall–Kier alpha value is -4.37. The molecule has 4 aromatic rings. The molecule has 1 unspecified atom stereocenters. The van der Waals surface area contributed by atoms with E-state index in [2.05, 4.69) is 0 Å². The number of hydrogen-bond donors (Lipinski definition) is 1. The number of aromatic nitrogens is 1. The quantitative estimate of drug-likeness (QED) is 0.153. The highest BCUT2D eigenvalue weighted by atomic mass is 32.1. The van der Waals surface area contributed by atoms with Gasteiger partial charge in [0.25, 0.3) is 5.78 Å². The Kier molecular flexibility index (Phi) is 7.49. The van der Waals surface area contributed by atoms with Crippen LogP contribution < -0.4 is 19.1 Å². The van der Waals surface area contributed by atoms with Crippen LogP contribution >= 0.6 is 11.3 Å². The maximum absolute atomic E-state index is 13.7. The van der Waals surface area contributed by atoms with Gasteiger partial charge in [0.1, 0.15) is 11.5 Å². The van der Waals surface area contributed by atoms with Gasteiger partial charge < -0.3 is 19.3 Å². The first kappa shape index (κ1) is 27.2. The fourth-order valence-electron chi connectivity index (χ4n) is 4.95. The number of aryl methyl sites for hydroxylation is 2. The molecule has 1 aromatic heterocycles. The summed E-state index contributed by atoms with van der Waals surface area (Å²) in [4.78, 5) is 33.4. The Balaban J connectivity index is 1.74. The van der Waals surface area contributed by atoms with Crippen molar-refractivity contribution in [3.8, 4) is 17.2 Å². The SMILES string of the molecule is CCOc1ccc(C2C(=C(O)c3ccc(OC)cc3)C(=O)C(=O)N2c2nc3c(C)cc(C)cc3s2)cc1OCC. The highest BCUT2D eigenvalue weighted by Gasteiger charge is 2.48. The molecule has 8 nitrogen and oxygen atoms in total. The van der Waals surface area contributed by atoms with E-state index in [1.54, 1.807) is 49.6 Å². The first-order valence-corrected chi connectivity index (χ1v) is 13.8. The van der Waals surface area contributed by atoms with E-state index in [-0.39, 0.29) is 11.3 Å². The summed E-state index contributed by atoms with van der Waals surface area (Å²) in [5.41, 5.74) is 3.75. The van der Waals surface area contributed by atoms with E-state index < -0.39 is 17.7 Å². The van der Waals surface area contributed by atoms with Gasteiger partial charge in [0.05, 0.1) is 42.2 Å². The predicted molar refractivity (Wildman–Crippen MR) is 156 cm³/mol. The summed E-state index contributed by atoms with van der Waals surface area (Å²) in [7, 11) is 1.55. The van der Waals surface area contributed by atoms with Crippen LogP contribution in [0, 0.1) is 13.8 Å². The number of hydrogen-bond acceptors (Lipinski definition) is 8. The second-order valence-electron chi connectivity index (χ2n) is 9.39. The number of anilines is 1. The third kappa shape index (κ3) is 4.77. The number of aliphatic hydroxyl groups excluding tert-OH is 1. The van der Waals surface area contributed by atoms with E-state index in [0.29, 0.717) is 46.7 Å². The predicted octanol–water partition coefficient (Wildman–Crippen LogP) is 6.35. The van der Waals surface area contributed by atoms with Gasteiger partial charge in [-0.05, 0) is 86.8 Å². The molecule has 1 aliphatic rings. The maximum atomic E-state index is 13.7. The molecule has 0 bridgehead atoms. The standard InChI is InChI=1S/C31H30N2O6S/c1-6-38-22-13-10-20(16-23(22)39-7-2)27-25(28(34)19-8-11-21(37-5)12-9-19)29(35)30(36)33(27)31-32-26-18(4)14-17(3)15-24(26)40-31/h8-16,27,34H,6-7H2,1-5H3. The number of rotatable bonds is 8. The molecule has 2 heterocycles. The number of Topliss-reactive ketones (excluding diaryl/α,β-unsaturated/α-hetero) is 1. The van der Waals surface area contributed by atoms with E-state index in [1.807, 2.05) is 39.8 Å². The monoisotopic (exact) mass is 558 g/mol. The van der Waals surface area contributed by atoms with Crippen molar-refractivity contribution in [3.05, 3.63) is 82.4 Å². The van der Waals surface area contributed by atoms with Crippen molar-refractivity contribution >= 4 is 44.1 Å². The second kappa shape index (κ2) is 11.0. The van der Waals surface area contributed by atoms with Gasteiger partial charge in [0.2, 0.25) is 0 Å². The number of amides is 1. The highest BCUT2D eigenvalue weighted by molar-refractivity contribution is 7.22. The van der Waals surface area contributed by atoms with E-state index in [9.17, 15) is 14.7 Å². The van der Waals surface area contributed by atoms with Crippen molar-refractivity contribution in [1.82, 2.24) is 4.98 Å². The fourth-order valence-corrected chi connectivity index (χ4v) is 6.12. The van der Waals surface area contributed by atoms with Crippen LogP contribution in [0.15, 0.2) is 60.2 Å². The maximum Gasteiger partial charge on any atom is 0.301 e. The Morgan fingerprint density at radius 2 is 1.68 bits per heavy atom. The second-order valence-corrected chi connectivity index (χ2v) is 10.4. The molecule has 206 valence electrons. The summed E-state index contributed by atoms with van der Waals surface area (Å²) in [6.07, 6.45) is 0. The fraction of sp³-hybridized carbons (Fsp3) is 0.258. The zero-order valence-electron chi connectivity index (χ0n) is 23.0. The van der Waals surface area contributed by atoms with Crippen LogP contribution in [0.1, 0.15) is 42.1 Å². The van der Waals surface area contributed by atoms with Gasteiger partial charge in [-0.1, -0.05) is 23.5 Å². The van der Waals surface area contributed by atoms with Crippen LogP contribution in [0.5, 0.6) is 17.2 Å². The lowest BCUT2D eigenvalue weighted by molar-refractivity contribution is -0.132. The van der Waals surface area contributed by atoms with Crippen LogP contribution in [0.25, 0.3) is 16.0 Å². The number of aliphatic hydroxyl groups is 1. The summed E-state index contributed by atoms with van der Waals surface area (Å²) in [5.74, 6) is -0.216. The van der Waals surface area contributed by atoms with Crippen LogP contribution in [0.2, 0.25) is 0 Å². The van der Waals surface area contributed by atoms with Crippen molar-refractivity contribution in [2.75, 3.05) is 25.2 Å². The highest BCUT2D eigenvalue weighted by Crippen LogP contribution is 2.46. The van der Waals surface area contributed by atoms with Gasteiger partial charge >= 0.3 is 5.91 Å². The minimum Gasteiger partial charge on any atom is -0.507 e. The van der Waals surface area contributed by atoms with Crippen molar-refractivity contribution in [2.24, 2.45) is 0 Å². The largest absolute Gasteiger partial charge is 0.507 e. The summed E-state index contributed by atoms with van der Waals surface area (Å²) in [6.45, 7) is 8.55. The van der Waals surface area contributed by atoms with Crippen molar-refractivity contribution in [2.45, 2.75) is 33.7 Å². The number of carbonyl (C=O) groups is 2. The number of ketones is 1. The number of methoxy groups -OCH3 is 1. The average Bonchev–Trinajstić information content (AvgIpc) is 3.48. The summed E-state index contributed by atoms with van der Waals surface area (Å²) >= 11 is 1.33. The molecule has 9 heteroatoms. The lowest BCUT2D eigenvalue weighted by Crippen LogP contribution is -2.29. The molecular formula is C31H30N2O6S. The molecule has 3 aromatic carbocycles. The molecular weight excluding hydrogens is 528 g/mol. The van der Waals surface area contributed by atoms with Gasteiger partial charge in [0.15, 0.2) is 16.6 Å². The molecule has 1 N–H and O–H groups in total. The molecule has 1 fully saturated rings. The van der Waals surface area contributed by atoms with Gasteiger partial charge in [-0.15, -0.1) is 0 Å². The van der Waals surface area contributed by atoms with Gasteiger partial charge in [-0.25, -0.2) is 4.98 Å². The molecule has 0 radical (unpaired) electrons. The zero-order valence-corrected chi connectivity index (χ0v) is 23.8. The minimum absolute atomic E-state index is 0.0334. The van der Waals surface area contributed by atoms with Gasteiger partial charge in [0, 0.05) is 5.56 Å². The third-order valence-corrected chi connectivity index (χ3v) is 7.72. The van der Waals surface area contributed by atoms with Crippen molar-refractivity contribution < 1.29 is 28.9 Å². The smallest absolute Gasteiger partial charge is 0.301 e. The number of carbonyl (C=O) groups excluding carboxylic acids is 2. The summed E-state index contributed by atoms with van der Waals surface area (Å²) in [6, 6.07) is 15.0. The molecule has 1 amide bonds. The first-order valence-electron chi connectivity index (χ1n) is 13.0. The lowest BCUT2D eigenvalue weighted by Gasteiger charge is -2.24. The Morgan fingerprint density at radius 3 is 2.35 bits per heavy atom. The number of ether oxygens (including phenoxy) is 3. The molecule has 0 aliphatic carbocycles. The first-order chi connectivity index (χ1) is 19.3. The number of benzene rings is 3. The zero-order chi connectivity index (χ0) is 28.6. The number of nitrogens with zero attached hydrogens (tertiary/aromatic N) is 2. The molecule has 0 saturated carbocycles. The molecule has 1 atom stereocenters. The average molecular weight is 559 g/mol. The molecule has 1 aliphatic heterocycles. The molecule has 5 rings (SSSR count). The Labute approximate surface area is 236 Å². The van der Waals surface area contributed by atoms with E-state index >= 15 is 0 Å². The van der Waals surface area contributed by atoms with Crippen LogP contribution in [0.4, 0.5) is 5.13 Å². The molecule has 40 heavy (non-hydrogen) atoms. The van der Waals surface area contributed by atoms with Crippen molar-refractivity contribution in [1.29, 1.82) is 0 Å². The number of thiazole rings is 1. The van der Waals surface area contributed by atoms with Gasteiger partial charge in [-0.3, -0.25) is 14.5 Å². The van der Waals surface area contributed by atoms with Crippen LogP contribution in [-0.4, -0.2) is 42.1 Å². The van der Waals surface area contributed by atoms with E-state index in [0.717, 1.165) is 21.3 Å². The van der Waals surface area contributed by atoms with Crippen molar-refractivity contribution in [3.63, 3.8) is 0 Å². The van der Waals surface area contributed by atoms with Crippen LogP contribution in [-0.2, 0) is 9.59 Å². The number of fused-ring (bicyclic) bond motifs is 1. The third-order valence-electron chi connectivity index (χ3n) is 6.72. The topological polar surface area (TPSA) is 98.2 Å². The van der Waals surface area contributed by atoms with Crippen LogP contribution in [0.3, 0.4) is 0 Å².